The number of hydrogen-bond donors (Lipinski definition) is 0. The van der Waals surface area contributed by atoms with Crippen molar-refractivity contribution in [3.8, 4) is 0 Å². The summed E-state index contributed by atoms with van der Waals surface area (Å²) in [4.78, 5) is 2.67. The van der Waals surface area contributed by atoms with E-state index in [1.807, 2.05) is 0 Å². The second kappa shape index (κ2) is 6.68. The first-order chi connectivity index (χ1) is 6.83. The Morgan fingerprint density at radius 2 is 1.93 bits per heavy atom. The molecule has 2 heteroatoms. The molecule has 1 atom stereocenters. The van der Waals surface area contributed by atoms with Crippen LogP contribution in [0, 0.1) is 0 Å². The molecule has 1 aliphatic rings. The largest absolute Gasteiger partial charge is 0.296 e. The van der Waals surface area contributed by atoms with Crippen LogP contribution in [0.4, 0.5) is 0 Å². The van der Waals surface area contributed by atoms with Gasteiger partial charge in [0.2, 0.25) is 0 Å². The van der Waals surface area contributed by atoms with Crippen LogP contribution in [0.1, 0.15) is 52.4 Å². The topological polar surface area (TPSA) is 3.24 Å². The van der Waals surface area contributed by atoms with E-state index >= 15 is 0 Å². The van der Waals surface area contributed by atoms with Gasteiger partial charge in [0.15, 0.2) is 0 Å². The average molecular weight is 218 g/mol. The summed E-state index contributed by atoms with van der Waals surface area (Å²) in [6, 6.07) is 1.40. The van der Waals surface area contributed by atoms with E-state index in [1.165, 1.54) is 45.1 Å². The second-order valence-electron chi connectivity index (χ2n) is 4.37. The third kappa shape index (κ3) is 3.13. The lowest BCUT2D eigenvalue weighted by Crippen LogP contribution is -2.43. The van der Waals surface area contributed by atoms with Crippen molar-refractivity contribution >= 4 is 11.6 Å². The maximum absolute atomic E-state index is 6.06. The number of alkyl halides is 1. The van der Waals surface area contributed by atoms with Gasteiger partial charge in [0.1, 0.15) is 0 Å². The van der Waals surface area contributed by atoms with Crippen molar-refractivity contribution < 1.29 is 0 Å². The summed E-state index contributed by atoms with van der Waals surface area (Å²) in [6.07, 6.45) is 7.97. The van der Waals surface area contributed by atoms with Gasteiger partial charge in [-0.1, -0.05) is 26.7 Å². The monoisotopic (exact) mass is 217 g/mol. The van der Waals surface area contributed by atoms with Crippen LogP contribution in [-0.2, 0) is 0 Å². The Kier molecular flexibility index (Phi) is 5.88. The molecule has 0 aromatic carbocycles. The summed E-state index contributed by atoms with van der Waals surface area (Å²) < 4.78 is 0. The zero-order valence-corrected chi connectivity index (χ0v) is 10.4. The molecule has 0 N–H and O–H groups in total. The molecule has 1 unspecified atom stereocenters. The lowest BCUT2D eigenvalue weighted by atomic mass is 10.1. The number of halogens is 1. The zero-order chi connectivity index (χ0) is 10.4. The highest BCUT2D eigenvalue weighted by Crippen LogP contribution is 2.22. The van der Waals surface area contributed by atoms with Gasteiger partial charge >= 0.3 is 0 Å². The van der Waals surface area contributed by atoms with E-state index in [-0.39, 0.29) is 0 Å². The quantitative estimate of drug-likeness (QED) is 0.650. The van der Waals surface area contributed by atoms with Crippen molar-refractivity contribution in [2.45, 2.75) is 64.5 Å². The summed E-state index contributed by atoms with van der Waals surface area (Å²) >= 11 is 6.06. The van der Waals surface area contributed by atoms with Crippen molar-refractivity contribution in [2.75, 3.05) is 12.4 Å². The normalized spacial score (nSPS) is 25.3. The molecule has 1 rings (SSSR count). The SMILES string of the molecule is CCC(CC)N1CCCCCC1CCl. The summed E-state index contributed by atoms with van der Waals surface area (Å²) in [5.74, 6) is 0.816. The van der Waals surface area contributed by atoms with Crippen molar-refractivity contribution in [1.82, 2.24) is 4.90 Å². The van der Waals surface area contributed by atoms with E-state index in [1.54, 1.807) is 0 Å². The fourth-order valence-electron chi connectivity index (χ4n) is 2.60. The first-order valence-corrected chi connectivity index (χ1v) is 6.68. The minimum absolute atomic E-state index is 0.643. The Labute approximate surface area is 93.8 Å². The van der Waals surface area contributed by atoms with Crippen LogP contribution in [0.15, 0.2) is 0 Å². The molecule has 0 saturated carbocycles. The van der Waals surface area contributed by atoms with Gasteiger partial charge in [0.25, 0.3) is 0 Å². The molecule has 0 aromatic heterocycles. The standard InChI is InChI=1S/C12H24ClN/c1-3-11(4-2)14-9-7-5-6-8-12(14)10-13/h11-12H,3-10H2,1-2H3. The van der Waals surface area contributed by atoms with Crippen molar-refractivity contribution in [3.05, 3.63) is 0 Å². The van der Waals surface area contributed by atoms with E-state index in [0.29, 0.717) is 6.04 Å². The van der Waals surface area contributed by atoms with Crippen LogP contribution in [0.5, 0.6) is 0 Å². The van der Waals surface area contributed by atoms with Crippen molar-refractivity contribution in [2.24, 2.45) is 0 Å². The first kappa shape index (κ1) is 12.3. The molecular formula is C12H24ClN. The Morgan fingerprint density at radius 1 is 1.21 bits per heavy atom. The molecule has 0 amide bonds. The third-order valence-corrected chi connectivity index (χ3v) is 3.87. The van der Waals surface area contributed by atoms with Gasteiger partial charge in [-0.2, -0.15) is 0 Å². The maximum Gasteiger partial charge on any atom is 0.0379 e. The van der Waals surface area contributed by atoms with E-state index in [9.17, 15) is 0 Å². The molecule has 1 heterocycles. The molecule has 0 spiro atoms. The third-order valence-electron chi connectivity index (χ3n) is 3.51. The summed E-state index contributed by atoms with van der Waals surface area (Å²) in [5.41, 5.74) is 0. The molecule has 0 bridgehead atoms. The van der Waals surface area contributed by atoms with Gasteiger partial charge in [0.05, 0.1) is 0 Å². The lowest BCUT2D eigenvalue weighted by molar-refractivity contribution is 0.140. The molecule has 0 aliphatic carbocycles. The average Bonchev–Trinajstić information content (AvgIpc) is 2.45. The number of nitrogens with zero attached hydrogens (tertiary/aromatic N) is 1. The zero-order valence-electron chi connectivity index (χ0n) is 9.64. The van der Waals surface area contributed by atoms with Crippen LogP contribution in [-0.4, -0.2) is 29.4 Å². The molecule has 1 nitrogen and oxygen atoms in total. The minimum Gasteiger partial charge on any atom is -0.296 e. The van der Waals surface area contributed by atoms with Crippen molar-refractivity contribution in [1.29, 1.82) is 0 Å². The molecule has 0 aromatic rings. The van der Waals surface area contributed by atoms with Crippen LogP contribution in [0.25, 0.3) is 0 Å². The Hall–Kier alpha value is 0.250. The summed E-state index contributed by atoms with van der Waals surface area (Å²) in [6.45, 7) is 5.86. The highest BCUT2D eigenvalue weighted by Gasteiger charge is 2.24. The minimum atomic E-state index is 0.643. The number of likely N-dealkylation sites (tertiary alicyclic amines) is 1. The highest BCUT2D eigenvalue weighted by atomic mass is 35.5. The molecule has 14 heavy (non-hydrogen) atoms. The second-order valence-corrected chi connectivity index (χ2v) is 4.67. The highest BCUT2D eigenvalue weighted by molar-refractivity contribution is 6.18. The summed E-state index contributed by atoms with van der Waals surface area (Å²) in [5, 5.41) is 0. The Bertz CT molecular complexity index is 145. The predicted molar refractivity (Wildman–Crippen MR) is 64.1 cm³/mol. The van der Waals surface area contributed by atoms with Gasteiger partial charge in [0, 0.05) is 18.0 Å². The number of rotatable bonds is 4. The molecular weight excluding hydrogens is 194 g/mol. The van der Waals surface area contributed by atoms with E-state index in [4.69, 9.17) is 11.6 Å². The van der Waals surface area contributed by atoms with E-state index in [2.05, 4.69) is 18.7 Å². The Morgan fingerprint density at radius 3 is 2.50 bits per heavy atom. The van der Waals surface area contributed by atoms with E-state index in [0.717, 1.165) is 11.9 Å². The predicted octanol–water partition coefficient (Wildman–Crippen LogP) is 3.66. The van der Waals surface area contributed by atoms with Gasteiger partial charge in [-0.05, 0) is 32.2 Å². The lowest BCUT2D eigenvalue weighted by Gasteiger charge is -2.35. The van der Waals surface area contributed by atoms with Crippen LogP contribution in [0.2, 0.25) is 0 Å². The fourth-order valence-corrected chi connectivity index (χ4v) is 2.94. The van der Waals surface area contributed by atoms with Crippen LogP contribution in [0.3, 0.4) is 0 Å². The molecule has 0 radical (unpaired) electrons. The smallest absolute Gasteiger partial charge is 0.0379 e. The number of hydrogen-bond acceptors (Lipinski definition) is 1. The van der Waals surface area contributed by atoms with Gasteiger partial charge in [-0.3, -0.25) is 4.90 Å². The molecule has 1 aliphatic heterocycles. The van der Waals surface area contributed by atoms with Crippen molar-refractivity contribution in [3.63, 3.8) is 0 Å². The van der Waals surface area contributed by atoms with E-state index < -0.39 is 0 Å². The molecule has 1 fully saturated rings. The Balaban J connectivity index is 2.58. The molecule has 1 saturated heterocycles. The summed E-state index contributed by atoms with van der Waals surface area (Å²) in [7, 11) is 0. The molecule has 84 valence electrons. The fraction of sp³-hybridized carbons (Fsp3) is 1.00. The maximum atomic E-state index is 6.06. The van der Waals surface area contributed by atoms with Crippen LogP contribution >= 0.6 is 11.6 Å². The van der Waals surface area contributed by atoms with Crippen LogP contribution < -0.4 is 0 Å². The first-order valence-electron chi connectivity index (χ1n) is 6.15. The van der Waals surface area contributed by atoms with Gasteiger partial charge < -0.3 is 0 Å². The van der Waals surface area contributed by atoms with Gasteiger partial charge in [-0.25, -0.2) is 0 Å². The van der Waals surface area contributed by atoms with Gasteiger partial charge in [-0.15, -0.1) is 11.6 Å².